The van der Waals surface area contributed by atoms with Crippen LogP contribution in [0.5, 0.6) is 5.75 Å². The molecule has 1 heterocycles. The van der Waals surface area contributed by atoms with E-state index in [4.69, 9.17) is 22.1 Å². The van der Waals surface area contributed by atoms with Crippen LogP contribution in [-0.4, -0.2) is 16.2 Å². The van der Waals surface area contributed by atoms with E-state index in [0.29, 0.717) is 5.56 Å². The van der Waals surface area contributed by atoms with Gasteiger partial charge in [-0.25, -0.2) is 9.78 Å². The minimum atomic E-state index is -0.993. The van der Waals surface area contributed by atoms with Gasteiger partial charge in [0.25, 0.3) is 0 Å². The Hall–Kier alpha value is -1.33. The molecule has 5 nitrogen and oxygen atoms in total. The van der Waals surface area contributed by atoms with Crippen LogP contribution in [-0.2, 0) is 0 Å². The zero-order valence-electron chi connectivity index (χ0n) is 8.98. The van der Waals surface area contributed by atoms with Gasteiger partial charge in [0.1, 0.15) is 0 Å². The average Bonchev–Trinajstić information content (AvgIpc) is 2.19. The SMILES string of the molecule is CC(C)C(O)c1ccnc(Cl)c1OC(N)=O. The van der Waals surface area contributed by atoms with Crippen molar-refractivity contribution in [1.82, 2.24) is 4.98 Å². The van der Waals surface area contributed by atoms with Crippen molar-refractivity contribution in [3.8, 4) is 5.75 Å². The van der Waals surface area contributed by atoms with Gasteiger partial charge in [0.05, 0.1) is 6.10 Å². The van der Waals surface area contributed by atoms with Crippen LogP contribution in [0, 0.1) is 5.92 Å². The first kappa shape index (κ1) is 12.7. The number of carbonyl (C=O) groups excluding carboxylic acids is 1. The zero-order valence-corrected chi connectivity index (χ0v) is 9.73. The van der Waals surface area contributed by atoms with E-state index in [2.05, 4.69) is 4.98 Å². The van der Waals surface area contributed by atoms with Gasteiger partial charge < -0.3 is 15.6 Å². The lowest BCUT2D eigenvalue weighted by Crippen LogP contribution is -2.19. The standard InChI is InChI=1S/C10H13ClN2O3/c1-5(2)7(14)6-3-4-13-9(11)8(6)16-10(12)15/h3-5,7,14H,1-2H3,(H2,12,15). The largest absolute Gasteiger partial charge is 0.410 e. The van der Waals surface area contributed by atoms with E-state index in [1.807, 2.05) is 13.8 Å². The number of aromatic nitrogens is 1. The minimum Gasteiger partial charge on any atom is -0.407 e. The van der Waals surface area contributed by atoms with Crippen LogP contribution in [0.1, 0.15) is 25.5 Å². The van der Waals surface area contributed by atoms with Gasteiger partial charge in [0.2, 0.25) is 0 Å². The number of primary amides is 1. The molecule has 1 aromatic rings. The number of amides is 1. The summed E-state index contributed by atoms with van der Waals surface area (Å²) in [6.45, 7) is 3.65. The van der Waals surface area contributed by atoms with Crippen LogP contribution >= 0.6 is 11.6 Å². The van der Waals surface area contributed by atoms with Gasteiger partial charge in [-0.15, -0.1) is 0 Å². The van der Waals surface area contributed by atoms with E-state index in [0.717, 1.165) is 0 Å². The van der Waals surface area contributed by atoms with Crippen LogP contribution in [0.25, 0.3) is 0 Å². The van der Waals surface area contributed by atoms with Crippen molar-refractivity contribution in [3.05, 3.63) is 23.0 Å². The second-order valence-corrected chi connectivity index (χ2v) is 3.99. The fourth-order valence-corrected chi connectivity index (χ4v) is 1.43. The Labute approximate surface area is 98.2 Å². The summed E-state index contributed by atoms with van der Waals surface area (Å²) in [6.07, 6.45) is -0.362. The Morgan fingerprint density at radius 2 is 2.25 bits per heavy atom. The fourth-order valence-electron chi connectivity index (χ4n) is 1.23. The lowest BCUT2D eigenvalue weighted by Gasteiger charge is -2.17. The number of hydrogen-bond donors (Lipinski definition) is 2. The van der Waals surface area contributed by atoms with Gasteiger partial charge in [0, 0.05) is 11.8 Å². The summed E-state index contributed by atoms with van der Waals surface area (Å²) >= 11 is 5.77. The highest BCUT2D eigenvalue weighted by Crippen LogP contribution is 2.34. The number of aliphatic hydroxyl groups is 1. The van der Waals surface area contributed by atoms with Crippen molar-refractivity contribution >= 4 is 17.7 Å². The molecule has 1 unspecified atom stereocenters. The van der Waals surface area contributed by atoms with Gasteiger partial charge in [-0.1, -0.05) is 25.4 Å². The highest BCUT2D eigenvalue weighted by atomic mass is 35.5. The number of hydrogen-bond acceptors (Lipinski definition) is 4. The van der Waals surface area contributed by atoms with E-state index in [1.54, 1.807) is 0 Å². The van der Waals surface area contributed by atoms with E-state index < -0.39 is 12.2 Å². The number of ether oxygens (including phenoxy) is 1. The predicted octanol–water partition coefficient (Wildman–Crippen LogP) is 1.88. The Kier molecular flexibility index (Phi) is 4.09. The molecule has 0 saturated carbocycles. The van der Waals surface area contributed by atoms with Gasteiger partial charge >= 0.3 is 6.09 Å². The van der Waals surface area contributed by atoms with E-state index in [-0.39, 0.29) is 16.8 Å². The maximum absolute atomic E-state index is 10.7. The number of rotatable bonds is 3. The van der Waals surface area contributed by atoms with E-state index in [9.17, 15) is 9.90 Å². The summed E-state index contributed by atoms with van der Waals surface area (Å²) in [6, 6.07) is 1.54. The monoisotopic (exact) mass is 244 g/mol. The first-order valence-corrected chi connectivity index (χ1v) is 5.11. The molecule has 0 bridgehead atoms. The Morgan fingerprint density at radius 3 is 2.75 bits per heavy atom. The van der Waals surface area contributed by atoms with Crippen LogP contribution < -0.4 is 10.5 Å². The molecule has 16 heavy (non-hydrogen) atoms. The number of nitrogens with two attached hydrogens (primary N) is 1. The molecule has 88 valence electrons. The molecule has 1 aromatic heterocycles. The normalized spacial score (nSPS) is 12.6. The van der Waals surface area contributed by atoms with Crippen molar-refractivity contribution in [2.45, 2.75) is 20.0 Å². The van der Waals surface area contributed by atoms with E-state index >= 15 is 0 Å². The number of carbonyl (C=O) groups is 1. The average molecular weight is 245 g/mol. The molecular formula is C10H13ClN2O3. The lowest BCUT2D eigenvalue weighted by molar-refractivity contribution is 0.123. The number of halogens is 1. The topological polar surface area (TPSA) is 85.4 Å². The molecule has 0 fully saturated rings. The molecular weight excluding hydrogens is 232 g/mol. The number of nitrogens with zero attached hydrogens (tertiary/aromatic N) is 1. The third-order valence-electron chi connectivity index (χ3n) is 2.04. The molecule has 3 N–H and O–H groups in total. The molecule has 0 aromatic carbocycles. The molecule has 0 spiro atoms. The molecule has 1 rings (SSSR count). The lowest BCUT2D eigenvalue weighted by atomic mass is 9.99. The number of pyridine rings is 1. The summed E-state index contributed by atoms with van der Waals surface area (Å²) in [4.78, 5) is 14.5. The fraction of sp³-hybridized carbons (Fsp3) is 0.400. The molecule has 0 radical (unpaired) electrons. The summed E-state index contributed by atoms with van der Waals surface area (Å²) in [5.41, 5.74) is 5.31. The summed E-state index contributed by atoms with van der Waals surface area (Å²) in [5.74, 6) is -0.0356. The quantitative estimate of drug-likeness (QED) is 0.795. The van der Waals surface area contributed by atoms with Crippen molar-refractivity contribution in [1.29, 1.82) is 0 Å². The second kappa shape index (κ2) is 5.14. The molecule has 0 saturated heterocycles. The Balaban J connectivity index is 3.17. The van der Waals surface area contributed by atoms with Crippen LogP contribution in [0.2, 0.25) is 5.15 Å². The Morgan fingerprint density at radius 1 is 1.62 bits per heavy atom. The first-order valence-electron chi connectivity index (χ1n) is 4.73. The maximum atomic E-state index is 10.7. The van der Waals surface area contributed by atoms with Gasteiger partial charge in [-0.2, -0.15) is 0 Å². The molecule has 0 aliphatic rings. The molecule has 6 heteroatoms. The third-order valence-corrected chi connectivity index (χ3v) is 2.31. The summed E-state index contributed by atoms with van der Waals surface area (Å²) in [5, 5.41) is 9.89. The van der Waals surface area contributed by atoms with Crippen LogP contribution in [0.4, 0.5) is 4.79 Å². The smallest absolute Gasteiger partial charge is 0.407 e. The zero-order chi connectivity index (χ0) is 12.3. The van der Waals surface area contributed by atoms with Gasteiger partial charge in [0.15, 0.2) is 10.9 Å². The molecule has 0 aliphatic carbocycles. The van der Waals surface area contributed by atoms with Crippen molar-refractivity contribution < 1.29 is 14.6 Å². The molecule has 0 aliphatic heterocycles. The van der Waals surface area contributed by atoms with Crippen molar-refractivity contribution in [2.24, 2.45) is 11.7 Å². The Bertz CT molecular complexity index is 396. The van der Waals surface area contributed by atoms with Crippen molar-refractivity contribution in [3.63, 3.8) is 0 Å². The second-order valence-electron chi connectivity index (χ2n) is 3.63. The molecule has 1 atom stereocenters. The first-order chi connectivity index (χ1) is 7.43. The highest BCUT2D eigenvalue weighted by Gasteiger charge is 2.21. The summed E-state index contributed by atoms with van der Waals surface area (Å²) in [7, 11) is 0. The van der Waals surface area contributed by atoms with Crippen molar-refractivity contribution in [2.75, 3.05) is 0 Å². The van der Waals surface area contributed by atoms with Gasteiger partial charge in [-0.3, -0.25) is 0 Å². The maximum Gasteiger partial charge on any atom is 0.410 e. The van der Waals surface area contributed by atoms with E-state index in [1.165, 1.54) is 12.3 Å². The van der Waals surface area contributed by atoms with Crippen LogP contribution in [0.3, 0.4) is 0 Å². The third kappa shape index (κ3) is 2.84. The van der Waals surface area contributed by atoms with Crippen LogP contribution in [0.15, 0.2) is 12.3 Å². The predicted molar refractivity (Wildman–Crippen MR) is 59.3 cm³/mol. The summed E-state index contributed by atoms with van der Waals surface area (Å²) < 4.78 is 4.73. The number of aliphatic hydroxyl groups excluding tert-OH is 1. The minimum absolute atomic E-state index is 0.00370. The molecule has 1 amide bonds. The van der Waals surface area contributed by atoms with Gasteiger partial charge in [-0.05, 0) is 12.0 Å². The highest BCUT2D eigenvalue weighted by molar-refractivity contribution is 6.31.